The van der Waals surface area contributed by atoms with Crippen LogP contribution in [0.2, 0.25) is 0 Å². The summed E-state index contributed by atoms with van der Waals surface area (Å²) in [6, 6.07) is 22.3. The molecule has 0 aliphatic carbocycles. The number of nitrogens with one attached hydrogen (secondary N) is 2. The standard InChI is InChI=1S/C25H23N7O2/c33-24(20-14-9-15-26-23(20)31-16-7-8-17-31)28-29-25(34)21-27-22(18-10-3-1-4-11-18)32(30-21)19-12-5-2-6-13-19/h1-6,9-15H,7-8,16-17H2,(H,28,33)(H,29,34). The smallest absolute Gasteiger partial charge is 0.309 e. The summed E-state index contributed by atoms with van der Waals surface area (Å²) >= 11 is 0. The van der Waals surface area contributed by atoms with E-state index >= 15 is 0 Å². The molecule has 1 saturated heterocycles. The Kier molecular flexibility index (Phi) is 5.98. The van der Waals surface area contributed by atoms with Gasteiger partial charge in [-0.2, -0.15) is 0 Å². The highest BCUT2D eigenvalue weighted by molar-refractivity contribution is 6.01. The number of benzene rings is 2. The van der Waals surface area contributed by atoms with Crippen molar-refractivity contribution in [2.75, 3.05) is 18.0 Å². The molecule has 5 rings (SSSR count). The Hall–Kier alpha value is -4.53. The highest BCUT2D eigenvalue weighted by Gasteiger charge is 2.22. The van der Waals surface area contributed by atoms with Gasteiger partial charge in [-0.05, 0) is 37.1 Å². The van der Waals surface area contributed by atoms with Gasteiger partial charge in [0.15, 0.2) is 5.82 Å². The van der Waals surface area contributed by atoms with E-state index in [2.05, 4.69) is 30.8 Å². The van der Waals surface area contributed by atoms with E-state index in [1.54, 1.807) is 23.0 Å². The van der Waals surface area contributed by atoms with Gasteiger partial charge < -0.3 is 4.90 Å². The fraction of sp³-hybridized carbons (Fsp3) is 0.160. The number of carbonyl (C=O) groups is 2. The van der Waals surface area contributed by atoms with Gasteiger partial charge in [-0.25, -0.2) is 14.6 Å². The number of rotatable bonds is 5. The number of hydrogen-bond donors (Lipinski definition) is 2. The van der Waals surface area contributed by atoms with Crippen LogP contribution in [0.5, 0.6) is 0 Å². The zero-order chi connectivity index (χ0) is 23.3. The van der Waals surface area contributed by atoms with Crippen molar-refractivity contribution in [1.29, 1.82) is 0 Å². The van der Waals surface area contributed by atoms with Crippen molar-refractivity contribution < 1.29 is 9.59 Å². The largest absolute Gasteiger partial charge is 0.356 e. The first kappa shape index (κ1) is 21.3. The van der Waals surface area contributed by atoms with Gasteiger partial charge in [0.1, 0.15) is 5.82 Å². The maximum atomic E-state index is 12.9. The molecule has 4 aromatic rings. The number of amides is 2. The minimum Gasteiger partial charge on any atom is -0.356 e. The molecule has 2 N–H and O–H groups in total. The first-order valence-electron chi connectivity index (χ1n) is 11.1. The van der Waals surface area contributed by atoms with Crippen LogP contribution in [0.3, 0.4) is 0 Å². The van der Waals surface area contributed by atoms with Crippen LogP contribution in [-0.4, -0.2) is 44.7 Å². The summed E-state index contributed by atoms with van der Waals surface area (Å²) < 4.78 is 1.61. The Bertz CT molecular complexity index is 1240. The SMILES string of the molecule is O=C(NNC(=O)c1cccnc1N1CCCC1)c1nc(-c2ccccc2)n(-c2ccccc2)n1. The fourth-order valence-corrected chi connectivity index (χ4v) is 3.92. The average molecular weight is 454 g/mol. The van der Waals surface area contributed by atoms with Crippen molar-refractivity contribution in [2.24, 2.45) is 0 Å². The number of pyridine rings is 1. The maximum absolute atomic E-state index is 12.9. The number of hydrazine groups is 1. The van der Waals surface area contributed by atoms with Gasteiger partial charge >= 0.3 is 5.91 Å². The van der Waals surface area contributed by atoms with E-state index in [9.17, 15) is 9.59 Å². The van der Waals surface area contributed by atoms with Crippen molar-refractivity contribution in [1.82, 2.24) is 30.6 Å². The molecule has 1 aliphatic rings. The van der Waals surface area contributed by atoms with Crippen LogP contribution in [0.1, 0.15) is 33.8 Å². The topological polar surface area (TPSA) is 105 Å². The van der Waals surface area contributed by atoms with Gasteiger partial charge in [0.25, 0.3) is 5.91 Å². The zero-order valence-corrected chi connectivity index (χ0v) is 18.4. The monoisotopic (exact) mass is 453 g/mol. The fourth-order valence-electron chi connectivity index (χ4n) is 3.92. The van der Waals surface area contributed by atoms with Crippen LogP contribution < -0.4 is 15.8 Å². The van der Waals surface area contributed by atoms with Gasteiger partial charge in [-0.1, -0.05) is 48.5 Å². The predicted molar refractivity (Wildman–Crippen MR) is 127 cm³/mol. The lowest BCUT2D eigenvalue weighted by atomic mass is 10.2. The lowest BCUT2D eigenvalue weighted by Gasteiger charge is -2.19. The van der Waals surface area contributed by atoms with E-state index in [-0.39, 0.29) is 5.82 Å². The first-order chi connectivity index (χ1) is 16.7. The van der Waals surface area contributed by atoms with E-state index in [0.717, 1.165) is 37.2 Å². The Balaban J connectivity index is 1.37. The van der Waals surface area contributed by atoms with Crippen molar-refractivity contribution >= 4 is 17.6 Å². The quantitative estimate of drug-likeness (QED) is 0.450. The third kappa shape index (κ3) is 4.36. The Labute approximate surface area is 196 Å². The van der Waals surface area contributed by atoms with E-state index in [1.165, 1.54) is 0 Å². The predicted octanol–water partition coefficient (Wildman–Crippen LogP) is 3.00. The van der Waals surface area contributed by atoms with Crippen LogP contribution in [0.25, 0.3) is 17.1 Å². The molecular formula is C25H23N7O2. The molecule has 3 heterocycles. The summed E-state index contributed by atoms with van der Waals surface area (Å²) in [6.45, 7) is 1.71. The third-order valence-corrected chi connectivity index (χ3v) is 5.57. The minimum atomic E-state index is -0.619. The molecular weight excluding hydrogens is 430 g/mol. The summed E-state index contributed by atoms with van der Waals surface area (Å²) in [4.78, 5) is 36.6. The number of carbonyl (C=O) groups excluding carboxylic acids is 2. The zero-order valence-electron chi connectivity index (χ0n) is 18.4. The Morgan fingerprint density at radius 3 is 2.21 bits per heavy atom. The molecule has 170 valence electrons. The van der Waals surface area contributed by atoms with Crippen molar-refractivity contribution in [3.8, 4) is 17.1 Å². The molecule has 2 aromatic heterocycles. The minimum absolute atomic E-state index is 0.0611. The van der Waals surface area contributed by atoms with Gasteiger partial charge in [0, 0.05) is 24.8 Å². The van der Waals surface area contributed by atoms with E-state index < -0.39 is 11.8 Å². The number of nitrogens with zero attached hydrogens (tertiary/aromatic N) is 5. The first-order valence-corrected chi connectivity index (χ1v) is 11.1. The molecule has 2 aromatic carbocycles. The van der Waals surface area contributed by atoms with Crippen LogP contribution in [0.15, 0.2) is 79.0 Å². The lowest BCUT2D eigenvalue weighted by Crippen LogP contribution is -2.42. The second-order valence-electron chi connectivity index (χ2n) is 7.85. The van der Waals surface area contributed by atoms with Crippen LogP contribution >= 0.6 is 0 Å². The highest BCUT2D eigenvalue weighted by atomic mass is 16.2. The molecule has 9 nitrogen and oxygen atoms in total. The van der Waals surface area contributed by atoms with Crippen molar-refractivity contribution in [2.45, 2.75) is 12.8 Å². The molecule has 0 bridgehead atoms. The number of anilines is 1. The average Bonchev–Trinajstić information content (AvgIpc) is 3.59. The highest BCUT2D eigenvalue weighted by Crippen LogP contribution is 2.22. The molecule has 0 atom stereocenters. The normalized spacial score (nSPS) is 13.0. The van der Waals surface area contributed by atoms with E-state index in [0.29, 0.717) is 17.2 Å². The van der Waals surface area contributed by atoms with Crippen molar-refractivity contribution in [3.63, 3.8) is 0 Å². The number of aromatic nitrogens is 4. The van der Waals surface area contributed by atoms with Crippen LogP contribution in [0, 0.1) is 0 Å². The molecule has 1 aliphatic heterocycles. The molecule has 0 spiro atoms. The molecule has 9 heteroatoms. The molecule has 2 amide bonds. The van der Waals surface area contributed by atoms with Gasteiger partial charge in [-0.15, -0.1) is 5.10 Å². The molecule has 34 heavy (non-hydrogen) atoms. The summed E-state index contributed by atoms with van der Waals surface area (Å²) in [7, 11) is 0. The summed E-state index contributed by atoms with van der Waals surface area (Å²) in [5.41, 5.74) is 6.89. The second-order valence-corrected chi connectivity index (χ2v) is 7.85. The summed E-state index contributed by atoms with van der Waals surface area (Å²) in [5.74, 6) is 0.00589. The Morgan fingerprint density at radius 2 is 1.47 bits per heavy atom. The van der Waals surface area contributed by atoms with Gasteiger partial charge in [0.2, 0.25) is 5.82 Å². The second kappa shape index (κ2) is 9.53. The number of para-hydroxylation sites is 1. The van der Waals surface area contributed by atoms with Crippen LogP contribution in [0.4, 0.5) is 5.82 Å². The lowest BCUT2D eigenvalue weighted by molar-refractivity contribution is 0.0841. The van der Waals surface area contributed by atoms with Crippen LogP contribution in [-0.2, 0) is 0 Å². The third-order valence-electron chi connectivity index (χ3n) is 5.57. The van der Waals surface area contributed by atoms with Crippen molar-refractivity contribution in [3.05, 3.63) is 90.4 Å². The number of hydrogen-bond acceptors (Lipinski definition) is 6. The molecule has 0 unspecified atom stereocenters. The molecule has 0 saturated carbocycles. The van der Waals surface area contributed by atoms with Gasteiger partial charge in [-0.3, -0.25) is 20.4 Å². The van der Waals surface area contributed by atoms with E-state index in [4.69, 9.17) is 0 Å². The Morgan fingerprint density at radius 1 is 0.794 bits per heavy atom. The molecule has 0 radical (unpaired) electrons. The summed E-state index contributed by atoms with van der Waals surface area (Å²) in [6.07, 6.45) is 3.79. The van der Waals surface area contributed by atoms with Gasteiger partial charge in [0.05, 0.1) is 11.3 Å². The molecule has 1 fully saturated rings. The summed E-state index contributed by atoms with van der Waals surface area (Å²) in [5, 5.41) is 4.41. The maximum Gasteiger partial charge on any atom is 0.309 e. The van der Waals surface area contributed by atoms with E-state index in [1.807, 2.05) is 60.7 Å².